The second-order valence-electron chi connectivity index (χ2n) is 7.68. The number of nitrogens with one attached hydrogen (secondary N) is 1. The van der Waals surface area contributed by atoms with Gasteiger partial charge in [-0.05, 0) is 36.6 Å². The fourth-order valence-electron chi connectivity index (χ4n) is 3.61. The highest BCUT2D eigenvalue weighted by molar-refractivity contribution is 6.06. The van der Waals surface area contributed by atoms with E-state index in [1.165, 1.54) is 0 Å². The van der Waals surface area contributed by atoms with E-state index in [1.807, 2.05) is 47.4 Å². The van der Waals surface area contributed by atoms with Crippen molar-refractivity contribution in [1.29, 1.82) is 0 Å². The van der Waals surface area contributed by atoms with Crippen molar-refractivity contribution in [1.82, 2.24) is 10.2 Å². The number of amides is 2. The van der Waals surface area contributed by atoms with Gasteiger partial charge in [0.25, 0.3) is 5.91 Å². The van der Waals surface area contributed by atoms with Gasteiger partial charge in [-0.15, -0.1) is 0 Å². The first-order chi connectivity index (χ1) is 15.0. The van der Waals surface area contributed by atoms with Gasteiger partial charge in [-0.2, -0.15) is 0 Å². The molecule has 2 amide bonds. The zero-order valence-electron chi connectivity index (χ0n) is 18.2. The Bertz CT molecular complexity index is 990. The number of hydrogen-bond donors (Lipinski definition) is 2. The number of carbonyl (C=O) groups is 2. The summed E-state index contributed by atoms with van der Waals surface area (Å²) in [6.07, 6.45) is 3.96. The molecule has 1 aliphatic rings. The summed E-state index contributed by atoms with van der Waals surface area (Å²) in [6.45, 7) is 6.01. The van der Waals surface area contributed by atoms with Gasteiger partial charge < -0.3 is 16.0 Å². The lowest BCUT2D eigenvalue weighted by Crippen LogP contribution is -2.34. The summed E-state index contributed by atoms with van der Waals surface area (Å²) in [5, 5.41) is 2.92. The summed E-state index contributed by atoms with van der Waals surface area (Å²) in [5.41, 5.74) is 9.68. The van der Waals surface area contributed by atoms with E-state index in [2.05, 4.69) is 24.2 Å². The predicted octanol–water partition coefficient (Wildman–Crippen LogP) is 4.04. The largest absolute Gasteiger partial charge is 0.387 e. The zero-order chi connectivity index (χ0) is 22.2. The molecule has 3 rings (SSSR count). The van der Waals surface area contributed by atoms with Crippen LogP contribution in [0, 0.1) is 0 Å². The van der Waals surface area contributed by atoms with Crippen LogP contribution in [0.15, 0.2) is 59.1 Å². The first kappa shape index (κ1) is 22.3. The van der Waals surface area contributed by atoms with Crippen molar-refractivity contribution in [2.24, 2.45) is 10.7 Å². The molecule has 2 aromatic carbocycles. The molecule has 0 aromatic heterocycles. The number of carbonyl (C=O) groups excluding carboxylic acids is 2. The lowest BCUT2D eigenvalue weighted by molar-refractivity contribution is -0.127. The monoisotopic (exact) mass is 418 g/mol. The van der Waals surface area contributed by atoms with Gasteiger partial charge in [-0.25, -0.2) is 4.99 Å². The second kappa shape index (κ2) is 10.6. The predicted molar refractivity (Wildman–Crippen MR) is 125 cm³/mol. The van der Waals surface area contributed by atoms with E-state index in [0.29, 0.717) is 48.7 Å². The molecule has 0 atom stereocenters. The maximum atomic E-state index is 13.1. The summed E-state index contributed by atoms with van der Waals surface area (Å²) in [6, 6.07) is 15.1. The normalized spacial score (nSPS) is 12.8. The second-order valence-corrected chi connectivity index (χ2v) is 7.68. The van der Waals surface area contributed by atoms with Crippen LogP contribution >= 0.6 is 0 Å². The molecule has 6 heteroatoms. The molecular weight excluding hydrogens is 388 g/mol. The summed E-state index contributed by atoms with van der Waals surface area (Å²) < 4.78 is 0. The smallest absolute Gasteiger partial charge is 0.251 e. The van der Waals surface area contributed by atoms with Crippen LogP contribution in [0.1, 0.15) is 54.6 Å². The van der Waals surface area contributed by atoms with Gasteiger partial charge in [-0.1, -0.05) is 50.2 Å². The van der Waals surface area contributed by atoms with Crippen LogP contribution in [0.5, 0.6) is 0 Å². The molecule has 0 spiro atoms. The van der Waals surface area contributed by atoms with Crippen LogP contribution in [0.2, 0.25) is 0 Å². The number of hydrogen-bond acceptors (Lipinski definition) is 4. The number of aliphatic imine (C=N–C) groups is 1. The average molecular weight is 419 g/mol. The van der Waals surface area contributed by atoms with Crippen molar-refractivity contribution < 1.29 is 9.59 Å². The average Bonchev–Trinajstić information content (AvgIpc) is 2.94. The molecular formula is C25H30N4O2. The van der Waals surface area contributed by atoms with Gasteiger partial charge in [0.15, 0.2) is 0 Å². The molecule has 1 heterocycles. The molecule has 0 aliphatic carbocycles. The fourth-order valence-corrected chi connectivity index (χ4v) is 3.61. The minimum absolute atomic E-state index is 0.000573. The molecule has 0 saturated carbocycles. The lowest BCUT2D eigenvalue weighted by atomic mass is 10.0. The van der Waals surface area contributed by atoms with Crippen LogP contribution in [-0.2, 0) is 11.3 Å². The van der Waals surface area contributed by atoms with Crippen LogP contribution in [0.25, 0.3) is 6.08 Å². The van der Waals surface area contributed by atoms with Crippen LogP contribution < -0.4 is 11.1 Å². The molecule has 1 aliphatic heterocycles. The molecule has 162 valence electrons. The standard InChI is InChI=1S/C25H30N4O2/c1-3-12-29(13-4-2)25(31)21-14-19-10-11-20(15-22(19)28-23(26)16-21)24(30)27-17-18-8-6-5-7-9-18/h5-11,14-15H,3-4,12-13,16-17H2,1-2H3,(H2,26,28)(H,27,30). The number of rotatable bonds is 8. The Morgan fingerprint density at radius 2 is 1.77 bits per heavy atom. The molecule has 2 aromatic rings. The summed E-state index contributed by atoms with van der Waals surface area (Å²) in [4.78, 5) is 32.0. The van der Waals surface area contributed by atoms with E-state index in [4.69, 9.17) is 5.73 Å². The molecule has 0 fully saturated rings. The molecule has 3 N–H and O–H groups in total. The van der Waals surface area contributed by atoms with E-state index >= 15 is 0 Å². The third-order valence-electron chi connectivity index (χ3n) is 5.10. The Hall–Kier alpha value is -3.41. The molecule has 0 bridgehead atoms. The highest BCUT2D eigenvalue weighted by Crippen LogP contribution is 2.28. The Balaban J connectivity index is 1.81. The van der Waals surface area contributed by atoms with Gasteiger partial charge >= 0.3 is 0 Å². The first-order valence-electron chi connectivity index (χ1n) is 10.8. The number of nitrogens with two attached hydrogens (primary N) is 1. The van der Waals surface area contributed by atoms with E-state index in [1.54, 1.807) is 12.1 Å². The Morgan fingerprint density at radius 3 is 2.45 bits per heavy atom. The third kappa shape index (κ3) is 5.81. The zero-order valence-corrected chi connectivity index (χ0v) is 18.2. The molecule has 0 saturated heterocycles. The third-order valence-corrected chi connectivity index (χ3v) is 5.10. The molecule has 0 radical (unpaired) electrons. The van der Waals surface area contributed by atoms with Crippen LogP contribution in [0.3, 0.4) is 0 Å². The molecule has 0 unspecified atom stereocenters. The minimum atomic E-state index is -0.179. The highest BCUT2D eigenvalue weighted by Gasteiger charge is 2.21. The maximum absolute atomic E-state index is 13.1. The minimum Gasteiger partial charge on any atom is -0.387 e. The van der Waals surface area contributed by atoms with Crippen molar-refractivity contribution >= 4 is 29.4 Å². The Kier molecular flexibility index (Phi) is 7.60. The highest BCUT2D eigenvalue weighted by atomic mass is 16.2. The lowest BCUT2D eigenvalue weighted by Gasteiger charge is -2.22. The van der Waals surface area contributed by atoms with Gasteiger partial charge in [0.2, 0.25) is 5.91 Å². The number of nitrogens with zero attached hydrogens (tertiary/aromatic N) is 2. The van der Waals surface area contributed by atoms with Gasteiger partial charge in [0.1, 0.15) is 5.84 Å². The molecule has 6 nitrogen and oxygen atoms in total. The van der Waals surface area contributed by atoms with E-state index < -0.39 is 0 Å². The van der Waals surface area contributed by atoms with Gasteiger partial charge in [0, 0.05) is 42.8 Å². The summed E-state index contributed by atoms with van der Waals surface area (Å²) in [5.74, 6) is 0.189. The maximum Gasteiger partial charge on any atom is 0.251 e. The van der Waals surface area contributed by atoms with Crippen molar-refractivity contribution in [3.05, 3.63) is 70.8 Å². The number of fused-ring (bicyclic) bond motifs is 1. The van der Waals surface area contributed by atoms with Crippen molar-refractivity contribution in [3.8, 4) is 0 Å². The first-order valence-corrected chi connectivity index (χ1v) is 10.8. The van der Waals surface area contributed by atoms with Crippen molar-refractivity contribution in [3.63, 3.8) is 0 Å². The van der Waals surface area contributed by atoms with Crippen molar-refractivity contribution in [2.45, 2.75) is 39.7 Å². The van der Waals surface area contributed by atoms with Crippen LogP contribution in [-0.4, -0.2) is 35.6 Å². The molecule has 31 heavy (non-hydrogen) atoms. The quantitative estimate of drug-likeness (QED) is 0.678. The van der Waals surface area contributed by atoms with Gasteiger partial charge in [0.05, 0.1) is 5.69 Å². The van der Waals surface area contributed by atoms with Gasteiger partial charge in [-0.3, -0.25) is 9.59 Å². The SMILES string of the molecule is CCCN(CCC)C(=O)C1=Cc2ccc(C(=O)NCc3ccccc3)cc2N=C(N)C1. The Morgan fingerprint density at radius 1 is 1.06 bits per heavy atom. The topological polar surface area (TPSA) is 87.8 Å². The summed E-state index contributed by atoms with van der Waals surface area (Å²) >= 11 is 0. The van der Waals surface area contributed by atoms with Crippen molar-refractivity contribution in [2.75, 3.05) is 13.1 Å². The number of amidine groups is 1. The number of benzene rings is 2. The van der Waals surface area contributed by atoms with E-state index in [9.17, 15) is 9.59 Å². The Labute approximate surface area is 183 Å². The summed E-state index contributed by atoms with van der Waals surface area (Å²) in [7, 11) is 0. The van der Waals surface area contributed by atoms with Crippen LogP contribution in [0.4, 0.5) is 5.69 Å². The van der Waals surface area contributed by atoms with E-state index in [0.717, 1.165) is 24.0 Å². The van der Waals surface area contributed by atoms with E-state index in [-0.39, 0.29) is 11.8 Å². The fraction of sp³-hybridized carbons (Fsp3) is 0.320.